The maximum atomic E-state index is 13.2. The van der Waals surface area contributed by atoms with Crippen molar-refractivity contribution in [3.05, 3.63) is 82.8 Å². The van der Waals surface area contributed by atoms with Crippen molar-refractivity contribution in [3.8, 4) is 0 Å². The molecule has 0 spiro atoms. The molecule has 2 heterocycles. The number of carbonyl (C=O) groups excluding carboxylic acids is 2. The Bertz CT molecular complexity index is 1060. The Morgan fingerprint density at radius 3 is 2.39 bits per heavy atom. The molecule has 1 aromatic heterocycles. The summed E-state index contributed by atoms with van der Waals surface area (Å²) in [6.07, 6.45) is 2.37. The van der Waals surface area contributed by atoms with Crippen molar-refractivity contribution in [1.29, 1.82) is 0 Å². The van der Waals surface area contributed by atoms with Crippen molar-refractivity contribution in [2.24, 2.45) is 0 Å². The molecule has 1 aliphatic heterocycles. The maximum Gasteiger partial charge on any atom is 0.324 e. The van der Waals surface area contributed by atoms with Crippen LogP contribution in [0.15, 0.2) is 59.2 Å². The summed E-state index contributed by atoms with van der Waals surface area (Å²) in [5, 5.41) is 2.80. The van der Waals surface area contributed by atoms with Crippen LogP contribution in [0.5, 0.6) is 0 Å². The average Bonchev–Trinajstić information content (AvgIpc) is 3.27. The number of benzene rings is 2. The number of urea groups is 1. The maximum absolute atomic E-state index is 13.2. The van der Waals surface area contributed by atoms with Crippen molar-refractivity contribution in [3.63, 3.8) is 0 Å². The van der Waals surface area contributed by atoms with E-state index in [0.29, 0.717) is 18.8 Å². The smallest absolute Gasteiger partial charge is 0.324 e. The first-order valence-electron chi connectivity index (χ1n) is 10.5. The molecule has 160 valence electrons. The number of amides is 3. The molecule has 1 saturated heterocycles. The first kappa shape index (κ1) is 20.7. The molecule has 6 nitrogen and oxygen atoms in total. The van der Waals surface area contributed by atoms with Gasteiger partial charge in [-0.2, -0.15) is 0 Å². The van der Waals surface area contributed by atoms with E-state index in [2.05, 4.69) is 38.2 Å². The predicted molar refractivity (Wildman–Crippen MR) is 122 cm³/mol. The topological polar surface area (TPSA) is 65.8 Å². The molecule has 3 amide bonds. The lowest BCUT2D eigenvalue weighted by Crippen LogP contribution is -2.49. The number of nitrogens with zero attached hydrogens (tertiary/aromatic N) is 2. The summed E-state index contributed by atoms with van der Waals surface area (Å²) < 4.78 is 5.11. The highest BCUT2D eigenvalue weighted by atomic mass is 16.3. The van der Waals surface area contributed by atoms with Crippen LogP contribution in [-0.4, -0.2) is 29.9 Å². The third-order valence-corrected chi connectivity index (χ3v) is 5.68. The summed E-state index contributed by atoms with van der Waals surface area (Å²) >= 11 is 0. The van der Waals surface area contributed by atoms with Crippen LogP contribution in [0, 0.1) is 20.8 Å². The van der Waals surface area contributed by atoms with E-state index in [1.54, 1.807) is 29.2 Å². The van der Waals surface area contributed by atoms with E-state index in [0.717, 1.165) is 18.7 Å². The van der Waals surface area contributed by atoms with E-state index in [9.17, 15) is 9.59 Å². The zero-order valence-corrected chi connectivity index (χ0v) is 18.1. The average molecular weight is 418 g/mol. The van der Waals surface area contributed by atoms with E-state index in [-0.39, 0.29) is 17.7 Å². The molecule has 1 N–H and O–H groups in total. The molecular formula is C25H27N3O3. The Balaban J connectivity index is 1.46. The van der Waals surface area contributed by atoms with Gasteiger partial charge in [0.25, 0.3) is 5.91 Å². The molecule has 1 fully saturated rings. The van der Waals surface area contributed by atoms with Crippen LogP contribution in [0.1, 0.15) is 39.2 Å². The standard InChI is InChI=1S/C25H27N3O3/c1-17-14-18(2)22(19(3)15-17)16-27-11-5-12-28(25(27)30)21-9-7-20(8-10-21)26-24(29)23-6-4-13-31-23/h4,6-10,13-15H,5,11-12,16H2,1-3H3,(H,26,29). The quantitative estimate of drug-likeness (QED) is 0.613. The Morgan fingerprint density at radius 1 is 1.03 bits per heavy atom. The van der Waals surface area contributed by atoms with Gasteiger partial charge >= 0.3 is 6.03 Å². The van der Waals surface area contributed by atoms with Gasteiger partial charge < -0.3 is 14.6 Å². The van der Waals surface area contributed by atoms with Crippen LogP contribution in [0.3, 0.4) is 0 Å². The summed E-state index contributed by atoms with van der Waals surface area (Å²) in [5.74, 6) is -0.0468. The zero-order chi connectivity index (χ0) is 22.0. The summed E-state index contributed by atoms with van der Waals surface area (Å²) in [7, 11) is 0. The van der Waals surface area contributed by atoms with Crippen LogP contribution >= 0.6 is 0 Å². The molecule has 0 unspecified atom stereocenters. The molecule has 0 aliphatic carbocycles. The molecule has 4 rings (SSSR count). The summed E-state index contributed by atoms with van der Waals surface area (Å²) in [5.41, 5.74) is 6.37. The number of aryl methyl sites for hydroxylation is 3. The molecule has 0 radical (unpaired) electrons. The number of carbonyl (C=O) groups is 2. The number of furan rings is 1. The highest BCUT2D eigenvalue weighted by molar-refractivity contribution is 6.02. The van der Waals surface area contributed by atoms with Crippen molar-refractivity contribution in [2.45, 2.75) is 33.7 Å². The molecule has 0 bridgehead atoms. The minimum atomic E-state index is -0.304. The highest BCUT2D eigenvalue weighted by Gasteiger charge is 2.27. The lowest BCUT2D eigenvalue weighted by Gasteiger charge is -2.36. The van der Waals surface area contributed by atoms with Gasteiger partial charge in [-0.15, -0.1) is 0 Å². The normalized spacial score (nSPS) is 14.1. The first-order chi connectivity index (χ1) is 14.9. The summed E-state index contributed by atoms with van der Waals surface area (Å²) in [6, 6.07) is 15.0. The zero-order valence-electron chi connectivity index (χ0n) is 18.1. The van der Waals surface area contributed by atoms with E-state index >= 15 is 0 Å². The predicted octanol–water partition coefficient (Wildman–Crippen LogP) is 5.29. The van der Waals surface area contributed by atoms with E-state index in [1.807, 2.05) is 17.0 Å². The minimum absolute atomic E-state index is 0.0120. The van der Waals surface area contributed by atoms with Crippen molar-refractivity contribution in [1.82, 2.24) is 4.90 Å². The van der Waals surface area contributed by atoms with Crippen molar-refractivity contribution in [2.75, 3.05) is 23.3 Å². The lowest BCUT2D eigenvalue weighted by atomic mass is 9.99. The monoisotopic (exact) mass is 417 g/mol. The first-order valence-corrected chi connectivity index (χ1v) is 10.5. The van der Waals surface area contributed by atoms with Gasteiger partial charge in [-0.25, -0.2) is 4.79 Å². The van der Waals surface area contributed by atoms with Gasteiger partial charge in [0.2, 0.25) is 0 Å². The van der Waals surface area contributed by atoms with Gasteiger partial charge in [0.1, 0.15) is 0 Å². The van der Waals surface area contributed by atoms with Gasteiger partial charge in [0, 0.05) is 31.0 Å². The van der Waals surface area contributed by atoms with Crippen LogP contribution in [0.2, 0.25) is 0 Å². The van der Waals surface area contributed by atoms with Gasteiger partial charge in [-0.3, -0.25) is 9.69 Å². The van der Waals surface area contributed by atoms with Crippen LogP contribution in [0.25, 0.3) is 0 Å². The highest BCUT2D eigenvalue weighted by Crippen LogP contribution is 2.25. The molecule has 6 heteroatoms. The van der Waals surface area contributed by atoms with Crippen LogP contribution in [-0.2, 0) is 6.54 Å². The van der Waals surface area contributed by atoms with E-state index in [1.165, 1.54) is 28.5 Å². The number of rotatable bonds is 5. The largest absolute Gasteiger partial charge is 0.459 e. The Kier molecular flexibility index (Phi) is 5.80. The molecule has 1 aliphatic rings. The van der Waals surface area contributed by atoms with Crippen molar-refractivity contribution < 1.29 is 14.0 Å². The minimum Gasteiger partial charge on any atom is -0.459 e. The molecule has 2 aromatic carbocycles. The number of hydrogen-bond acceptors (Lipinski definition) is 3. The second-order valence-electron chi connectivity index (χ2n) is 8.06. The Labute approximate surface area is 182 Å². The van der Waals surface area contributed by atoms with E-state index < -0.39 is 0 Å². The van der Waals surface area contributed by atoms with Gasteiger partial charge in [-0.1, -0.05) is 17.7 Å². The van der Waals surface area contributed by atoms with Crippen molar-refractivity contribution >= 4 is 23.3 Å². The summed E-state index contributed by atoms with van der Waals surface area (Å²) in [6.45, 7) is 8.36. The number of anilines is 2. The van der Waals surface area contributed by atoms with Gasteiger partial charge in [0.05, 0.1) is 6.26 Å². The molecule has 31 heavy (non-hydrogen) atoms. The third kappa shape index (κ3) is 4.48. The van der Waals surface area contributed by atoms with Crippen LogP contribution < -0.4 is 10.2 Å². The fourth-order valence-electron chi connectivity index (χ4n) is 4.14. The van der Waals surface area contributed by atoms with Crippen LogP contribution in [0.4, 0.5) is 16.2 Å². The lowest BCUT2D eigenvalue weighted by molar-refractivity contribution is 0.0996. The second-order valence-corrected chi connectivity index (χ2v) is 8.06. The number of nitrogens with one attached hydrogen (secondary N) is 1. The molecule has 0 atom stereocenters. The second kappa shape index (κ2) is 8.68. The Hall–Kier alpha value is -3.54. The molecular weight excluding hydrogens is 390 g/mol. The summed E-state index contributed by atoms with van der Waals surface area (Å²) in [4.78, 5) is 29.1. The van der Waals surface area contributed by atoms with Gasteiger partial charge in [0.15, 0.2) is 5.76 Å². The third-order valence-electron chi connectivity index (χ3n) is 5.68. The fourth-order valence-corrected chi connectivity index (χ4v) is 4.14. The molecule has 0 saturated carbocycles. The number of hydrogen-bond donors (Lipinski definition) is 1. The Morgan fingerprint density at radius 2 is 1.74 bits per heavy atom. The SMILES string of the molecule is Cc1cc(C)c(CN2CCCN(c3ccc(NC(=O)c4ccco4)cc3)C2=O)c(C)c1. The fraction of sp³-hybridized carbons (Fsp3) is 0.280. The van der Waals surface area contributed by atoms with E-state index in [4.69, 9.17) is 4.42 Å². The molecule has 3 aromatic rings. The van der Waals surface area contributed by atoms with Gasteiger partial charge in [-0.05, 0) is 80.3 Å².